The normalized spacial score (nSPS) is 31.2. The van der Waals surface area contributed by atoms with Crippen molar-refractivity contribution < 1.29 is 92.0 Å². The summed E-state index contributed by atoms with van der Waals surface area (Å²) in [5.41, 5.74) is 8.98. The minimum absolute atomic E-state index is 0.00599. The lowest BCUT2D eigenvalue weighted by molar-refractivity contribution is -0.265. The molecule has 2 bridgehead atoms. The highest BCUT2D eigenvalue weighted by Gasteiger charge is 2.53. The number of esters is 1. The molecule has 0 radical (unpaired) electrons. The summed E-state index contributed by atoms with van der Waals surface area (Å²) in [6, 6.07) is -3.47. The number of hydrogen-bond donors (Lipinski definition) is 6. The van der Waals surface area contributed by atoms with E-state index in [0.29, 0.717) is 94.7 Å². The summed E-state index contributed by atoms with van der Waals surface area (Å²) in [4.78, 5) is 148. The predicted molar refractivity (Wildman–Crippen MR) is 384 cm³/mol. The maximum absolute atomic E-state index is 14.7. The molecule has 105 heavy (non-hydrogen) atoms. The summed E-state index contributed by atoms with van der Waals surface area (Å²) in [6.45, 7) is 16.0. The van der Waals surface area contributed by atoms with E-state index in [1.165, 1.54) is 56.7 Å². The van der Waals surface area contributed by atoms with Crippen LogP contribution in [0.1, 0.15) is 148 Å². The van der Waals surface area contributed by atoms with E-state index in [0.717, 1.165) is 23.6 Å². The number of aliphatic carboxylic acids is 1. The van der Waals surface area contributed by atoms with E-state index in [9.17, 15) is 63.6 Å². The molecule has 0 unspecified atom stereocenters. The van der Waals surface area contributed by atoms with Crippen molar-refractivity contribution in [2.75, 3.05) is 96.1 Å². The van der Waals surface area contributed by atoms with Gasteiger partial charge in [0.25, 0.3) is 11.7 Å². The molecule has 3 amide bonds. The van der Waals surface area contributed by atoms with Gasteiger partial charge in [-0.2, -0.15) is 0 Å². The van der Waals surface area contributed by atoms with Gasteiger partial charge in [-0.3, -0.25) is 33.7 Å². The Morgan fingerprint density at radius 3 is 2.15 bits per heavy atom. The fraction of sp³-hybridized carbons (Fsp3) is 0.667. The van der Waals surface area contributed by atoms with Crippen LogP contribution in [0.5, 0.6) is 0 Å². The second-order valence-corrected chi connectivity index (χ2v) is 29.1. The van der Waals surface area contributed by atoms with E-state index in [2.05, 4.69) is 35.1 Å². The first kappa shape index (κ1) is 82.8. The summed E-state index contributed by atoms with van der Waals surface area (Å²) < 4.78 is 35.9. The number of nitrogens with one attached hydrogen (secondary N) is 1. The number of carboxylic acids is 1. The fourth-order valence-electron chi connectivity index (χ4n) is 14.7. The van der Waals surface area contributed by atoms with Gasteiger partial charge >= 0.3 is 18.0 Å². The van der Waals surface area contributed by atoms with Gasteiger partial charge in [0.1, 0.15) is 42.3 Å². The molecule has 30 nitrogen and oxygen atoms in total. The summed E-state index contributed by atoms with van der Waals surface area (Å²) >= 11 is 0. The Hall–Kier alpha value is -7.81. The van der Waals surface area contributed by atoms with Crippen LogP contribution in [0.15, 0.2) is 72.4 Å². The van der Waals surface area contributed by atoms with Gasteiger partial charge < -0.3 is 79.5 Å². The third kappa shape index (κ3) is 22.6. The number of alkyl carbamates (subject to hydrolysis) is 1. The molecule has 4 saturated heterocycles. The number of rotatable bonds is 18. The molecular formula is C75H109N11O19. The number of aliphatic hydroxyl groups excluding tert-OH is 2. The number of aliphatic hydroxyl groups is 3. The number of carbonyl (C=O) groups excluding carboxylic acids is 8. The Morgan fingerprint density at radius 1 is 0.771 bits per heavy atom. The number of ether oxygens (including phenoxy) is 6. The number of Topliss-reactive ketones (excluding diaryl/α,β-unsaturated/α-hetero) is 4. The van der Waals surface area contributed by atoms with Gasteiger partial charge in [0.15, 0.2) is 11.6 Å². The van der Waals surface area contributed by atoms with E-state index >= 15 is 0 Å². The van der Waals surface area contributed by atoms with E-state index in [1.807, 2.05) is 44.2 Å². The SMILES string of the molecule is CO[C@H]1C[C@@H]2CC[C@@H](C)[C@@](O)(O2)C(=O)C(=O)N2CCCC[C@H]2C(=O)O[C@H]([C@H](N)C[C@@H]2CC[C@@H](OC(=O)NCc3cnc(N4CCN(C(=O)CCOCCN5CCN(c6ncc(C(C)=O)cn6)CC5)[C@@H](C(=O)O)C4)nc3)[C@H](OC)C2)CC(=O)[C@H](C)/C=C(\C)[C@@H](O)[C@@H](O)C(=O)[C@H](C)C[C@H](C)/C=C/C=CC=C1C. The second-order valence-electron chi connectivity index (χ2n) is 29.1. The number of cyclic esters (lactones) is 1. The number of piperazine rings is 2. The van der Waals surface area contributed by atoms with Gasteiger partial charge in [0.05, 0.1) is 50.1 Å². The molecule has 7 N–H and O–H groups in total. The van der Waals surface area contributed by atoms with Gasteiger partial charge in [0.2, 0.25) is 23.6 Å². The van der Waals surface area contributed by atoms with Crippen molar-refractivity contribution in [3.05, 3.63) is 83.5 Å². The van der Waals surface area contributed by atoms with Crippen LogP contribution in [-0.2, 0) is 68.5 Å². The van der Waals surface area contributed by atoms with E-state index in [1.54, 1.807) is 32.8 Å². The highest BCUT2D eigenvalue weighted by atomic mass is 16.6. The molecule has 578 valence electrons. The Kier molecular flexibility index (Phi) is 30.9. The number of allylic oxidation sites excluding steroid dienone is 6. The number of ketones is 4. The van der Waals surface area contributed by atoms with Crippen molar-refractivity contribution in [3.63, 3.8) is 0 Å². The molecule has 1 saturated carbocycles. The average Bonchev–Trinajstić information content (AvgIpc) is 0.783. The van der Waals surface area contributed by atoms with Crippen molar-refractivity contribution in [1.29, 1.82) is 0 Å². The molecule has 0 spiro atoms. The number of carbonyl (C=O) groups is 9. The molecule has 8 rings (SSSR count). The lowest BCUT2D eigenvalue weighted by atomic mass is 9.80. The number of anilines is 2. The zero-order valence-electron chi connectivity index (χ0n) is 62.1. The Bertz CT molecular complexity index is 3440. The lowest BCUT2D eigenvalue weighted by Crippen LogP contribution is -2.61. The largest absolute Gasteiger partial charge is 0.480 e. The molecule has 5 aliphatic heterocycles. The van der Waals surface area contributed by atoms with Gasteiger partial charge in [-0.25, -0.2) is 34.3 Å². The second kappa shape index (κ2) is 39.2. The summed E-state index contributed by atoms with van der Waals surface area (Å²) in [5.74, 6) is -10.3. The molecule has 2 aromatic rings. The van der Waals surface area contributed by atoms with Crippen molar-refractivity contribution in [3.8, 4) is 0 Å². The minimum atomic E-state index is -2.52. The quantitative estimate of drug-likeness (QED) is 0.0399. The molecule has 30 heteroatoms. The van der Waals surface area contributed by atoms with Crippen molar-refractivity contribution in [1.82, 2.24) is 40.0 Å². The number of nitrogens with two attached hydrogens (primary N) is 1. The van der Waals surface area contributed by atoms with Crippen LogP contribution in [0.4, 0.5) is 16.7 Å². The third-order valence-corrected chi connectivity index (χ3v) is 21.3. The number of methoxy groups -OCH3 is 2. The summed E-state index contributed by atoms with van der Waals surface area (Å²) in [7, 11) is 3.03. The number of carboxylic acid groups (broad SMARTS) is 1. The van der Waals surface area contributed by atoms with E-state index in [-0.39, 0.29) is 100 Å². The van der Waals surface area contributed by atoms with Crippen LogP contribution in [0.2, 0.25) is 0 Å². The monoisotopic (exact) mass is 1470 g/mol. The summed E-state index contributed by atoms with van der Waals surface area (Å²) in [6.07, 6.45) is 12.2. The Balaban J connectivity index is 0.851. The van der Waals surface area contributed by atoms with Gasteiger partial charge in [-0.1, -0.05) is 64.2 Å². The van der Waals surface area contributed by atoms with Gasteiger partial charge in [-0.05, 0) is 108 Å². The maximum atomic E-state index is 14.7. The van der Waals surface area contributed by atoms with Crippen LogP contribution >= 0.6 is 0 Å². The first-order chi connectivity index (χ1) is 50.1. The van der Waals surface area contributed by atoms with Crippen molar-refractivity contribution >= 4 is 64.9 Å². The maximum Gasteiger partial charge on any atom is 0.407 e. The number of amides is 3. The van der Waals surface area contributed by atoms with Crippen LogP contribution < -0.4 is 20.9 Å². The Morgan fingerprint density at radius 2 is 1.47 bits per heavy atom. The van der Waals surface area contributed by atoms with Gasteiger partial charge in [0, 0.05) is 140 Å². The molecule has 0 aromatic carbocycles. The molecule has 6 aliphatic rings. The molecular weight excluding hydrogens is 1360 g/mol. The zero-order chi connectivity index (χ0) is 76.2. The molecule has 1 aliphatic carbocycles. The number of aromatic nitrogens is 4. The number of hydrogen-bond acceptors (Lipinski definition) is 26. The lowest BCUT2D eigenvalue weighted by Gasteiger charge is -2.42. The first-order valence-corrected chi connectivity index (χ1v) is 36.9. The number of fused-ring (bicyclic) bond motifs is 3. The topological polar surface area (TPSA) is 396 Å². The van der Waals surface area contributed by atoms with Crippen LogP contribution in [0, 0.1) is 29.6 Å². The van der Waals surface area contributed by atoms with E-state index < -0.39 is 132 Å². The highest BCUT2D eigenvalue weighted by Crippen LogP contribution is 2.38. The zero-order valence-corrected chi connectivity index (χ0v) is 62.1. The number of nitrogens with zero attached hydrogens (tertiary/aromatic N) is 9. The minimum Gasteiger partial charge on any atom is -0.480 e. The third-order valence-electron chi connectivity index (χ3n) is 21.3. The molecule has 7 heterocycles. The first-order valence-electron chi connectivity index (χ1n) is 36.9. The molecule has 16 atom stereocenters. The summed E-state index contributed by atoms with van der Waals surface area (Å²) in [5, 5.41) is 47.5. The Labute approximate surface area is 614 Å². The fourth-order valence-corrected chi connectivity index (χ4v) is 14.7. The van der Waals surface area contributed by atoms with Crippen LogP contribution in [0.25, 0.3) is 0 Å². The number of piperidine rings is 1. The standard InChI is InChI=1S/C75H109N11O19/c1-45-15-11-10-12-16-46(2)61(100-8)37-55-20-18-50(6)75(99,105-55)68(93)69(94)86-23-14-13-17-57(86)71(97)103-62(38-59(88)47(3)34-49(5)66(91)67(92)65(90)48(4)33-45)56(76)35-52-19-21-60(63(36-52)101-9)104-74(98)81-41-53-39-77-73(78-40-53)84-28-29-85(58(44-84)70(95)96)64(89)22-31-102-32-30-82-24-26-83(27-25-82)72-79-42-54(43-80-72)51(7)87/h10-12,15-16,34,39-40,42-43,45,47-48,50,52,55-58,60-63,66-67,91-92,99H,13-14,17-33,35-38,41,44,76H2,1-9H3,(H,81,98)(H,95,96)/b12-10?,15-11+,46-16?,49-34+/t45-,47-,48-,50-,52+,55+,56-,57+,58-,60-,61+,62+,63-,66-,67+,75-/m1/s1. The van der Waals surface area contributed by atoms with Crippen LogP contribution in [-0.4, -0.2) is 261 Å². The van der Waals surface area contributed by atoms with E-state index in [4.69, 9.17) is 34.2 Å². The predicted octanol–water partition coefficient (Wildman–Crippen LogP) is 4.27. The van der Waals surface area contributed by atoms with Gasteiger partial charge in [-0.15, -0.1) is 0 Å². The van der Waals surface area contributed by atoms with Crippen molar-refractivity contribution in [2.45, 2.75) is 205 Å². The molecule has 5 fully saturated rings. The van der Waals surface area contributed by atoms with Crippen molar-refractivity contribution in [2.24, 2.45) is 35.3 Å². The average molecular weight is 1470 g/mol. The molecule has 2 aromatic heterocycles. The highest BCUT2D eigenvalue weighted by molar-refractivity contribution is 6.39. The van der Waals surface area contributed by atoms with Crippen LogP contribution in [0.3, 0.4) is 0 Å². The smallest absolute Gasteiger partial charge is 0.407 e.